The van der Waals surface area contributed by atoms with Gasteiger partial charge in [0, 0.05) is 34.8 Å². The Morgan fingerprint density at radius 2 is 1.85 bits per heavy atom. The van der Waals surface area contributed by atoms with Gasteiger partial charge in [-0.3, -0.25) is 9.52 Å². The molecule has 1 heterocycles. The normalized spacial score (nSPS) is 17.7. The number of hydrogen-bond donors (Lipinski definition) is 3. The first-order valence-corrected chi connectivity index (χ1v) is 13.0. The first-order valence-electron chi connectivity index (χ1n) is 11.5. The highest BCUT2D eigenvalue weighted by atomic mass is 32.2. The molecular weight excluding hydrogens is 448 g/mol. The quantitative estimate of drug-likeness (QED) is 0.391. The molecule has 0 saturated carbocycles. The lowest BCUT2D eigenvalue weighted by molar-refractivity contribution is 0.0939. The van der Waals surface area contributed by atoms with Crippen LogP contribution < -0.4 is 10.0 Å². The molecule has 0 radical (unpaired) electrons. The number of sulfonamides is 1. The molecule has 0 spiro atoms. The van der Waals surface area contributed by atoms with Crippen LogP contribution >= 0.6 is 0 Å². The van der Waals surface area contributed by atoms with Gasteiger partial charge in [0.05, 0.1) is 17.0 Å². The SMILES string of the molecule is CCc1cccc(NS(=O)(=O)c2ccc3c(c2)C(O)CC(c2cccc(C(=O)C(C)C)c2)N3)c1. The van der Waals surface area contributed by atoms with Gasteiger partial charge in [-0.2, -0.15) is 0 Å². The van der Waals surface area contributed by atoms with Crippen LogP contribution in [0.15, 0.2) is 71.6 Å². The van der Waals surface area contributed by atoms with Crippen LogP contribution in [-0.2, 0) is 16.4 Å². The summed E-state index contributed by atoms with van der Waals surface area (Å²) in [7, 11) is -3.81. The molecular formula is C27H30N2O4S. The minimum atomic E-state index is -3.81. The zero-order valence-corrected chi connectivity index (χ0v) is 20.4. The van der Waals surface area contributed by atoms with Crippen LogP contribution in [0.2, 0.25) is 0 Å². The third kappa shape index (κ3) is 5.00. The molecule has 2 atom stereocenters. The van der Waals surface area contributed by atoms with Gasteiger partial charge < -0.3 is 10.4 Å². The van der Waals surface area contributed by atoms with Crippen LogP contribution in [0.5, 0.6) is 0 Å². The summed E-state index contributed by atoms with van der Waals surface area (Å²) in [5.74, 6) is -0.0234. The fourth-order valence-electron chi connectivity index (χ4n) is 4.24. The fraction of sp³-hybridized carbons (Fsp3) is 0.296. The summed E-state index contributed by atoms with van der Waals surface area (Å²) in [6.45, 7) is 5.75. The Labute approximate surface area is 201 Å². The fourth-order valence-corrected chi connectivity index (χ4v) is 5.33. The lowest BCUT2D eigenvalue weighted by Crippen LogP contribution is -2.23. The first kappa shape index (κ1) is 24.0. The lowest BCUT2D eigenvalue weighted by atomic mass is 9.89. The van der Waals surface area contributed by atoms with E-state index in [-0.39, 0.29) is 22.6 Å². The summed E-state index contributed by atoms with van der Waals surface area (Å²) >= 11 is 0. The monoisotopic (exact) mass is 478 g/mol. The second-order valence-corrected chi connectivity index (χ2v) is 10.7. The van der Waals surface area contributed by atoms with Gasteiger partial charge in [0.15, 0.2) is 5.78 Å². The number of rotatable bonds is 7. The van der Waals surface area contributed by atoms with E-state index in [2.05, 4.69) is 10.0 Å². The van der Waals surface area contributed by atoms with Crippen LogP contribution in [0.1, 0.15) is 66.4 Å². The van der Waals surface area contributed by atoms with Crippen molar-refractivity contribution in [1.82, 2.24) is 0 Å². The van der Waals surface area contributed by atoms with E-state index >= 15 is 0 Å². The van der Waals surface area contributed by atoms with E-state index in [0.717, 1.165) is 17.5 Å². The minimum absolute atomic E-state index is 0.0745. The molecule has 0 saturated heterocycles. The molecule has 7 heteroatoms. The molecule has 1 aliphatic rings. The number of carbonyl (C=O) groups is 1. The van der Waals surface area contributed by atoms with Crippen molar-refractivity contribution in [2.75, 3.05) is 10.0 Å². The summed E-state index contributed by atoms with van der Waals surface area (Å²) in [6, 6.07) is 19.3. The van der Waals surface area contributed by atoms with E-state index in [1.54, 1.807) is 18.2 Å². The van der Waals surface area contributed by atoms with Crippen molar-refractivity contribution in [2.45, 2.75) is 50.7 Å². The molecule has 2 unspecified atom stereocenters. The van der Waals surface area contributed by atoms with Gasteiger partial charge in [0.25, 0.3) is 10.0 Å². The standard InChI is InChI=1S/C27H30N2O4S/c1-4-18-7-5-10-21(13-18)29-34(32,33)22-11-12-24-23(15-22)26(30)16-25(28-24)19-8-6-9-20(14-19)27(31)17(2)3/h5-15,17,25-26,28-30H,4,16H2,1-3H3. The lowest BCUT2D eigenvalue weighted by Gasteiger charge is -2.31. The zero-order chi connectivity index (χ0) is 24.5. The van der Waals surface area contributed by atoms with E-state index in [4.69, 9.17) is 0 Å². The second-order valence-electron chi connectivity index (χ2n) is 9.00. The molecule has 4 rings (SSSR count). The number of aryl methyl sites for hydroxylation is 1. The summed E-state index contributed by atoms with van der Waals surface area (Å²) in [6.07, 6.45) is 0.327. The van der Waals surface area contributed by atoms with Gasteiger partial charge in [-0.15, -0.1) is 0 Å². The molecule has 3 aromatic carbocycles. The van der Waals surface area contributed by atoms with Gasteiger partial charge >= 0.3 is 0 Å². The zero-order valence-electron chi connectivity index (χ0n) is 19.6. The van der Waals surface area contributed by atoms with Crippen molar-refractivity contribution in [3.63, 3.8) is 0 Å². The van der Waals surface area contributed by atoms with Crippen molar-refractivity contribution in [3.8, 4) is 0 Å². The highest BCUT2D eigenvalue weighted by molar-refractivity contribution is 7.92. The predicted octanol–water partition coefficient (Wildman–Crippen LogP) is 5.48. The van der Waals surface area contributed by atoms with Crippen molar-refractivity contribution in [2.24, 2.45) is 5.92 Å². The Balaban J connectivity index is 1.58. The number of aliphatic hydroxyl groups excluding tert-OH is 1. The molecule has 0 bridgehead atoms. The Hall–Kier alpha value is -3.16. The van der Waals surface area contributed by atoms with Gasteiger partial charge in [0.2, 0.25) is 0 Å². The van der Waals surface area contributed by atoms with Crippen molar-refractivity contribution in [3.05, 3.63) is 89.0 Å². The maximum atomic E-state index is 13.0. The number of benzene rings is 3. The largest absolute Gasteiger partial charge is 0.388 e. The topological polar surface area (TPSA) is 95.5 Å². The molecule has 3 N–H and O–H groups in total. The molecule has 3 aromatic rings. The Morgan fingerprint density at radius 3 is 2.59 bits per heavy atom. The van der Waals surface area contributed by atoms with Crippen LogP contribution in [0, 0.1) is 5.92 Å². The highest BCUT2D eigenvalue weighted by Gasteiger charge is 2.28. The predicted molar refractivity (Wildman–Crippen MR) is 135 cm³/mol. The third-order valence-electron chi connectivity index (χ3n) is 6.17. The summed E-state index contributed by atoms with van der Waals surface area (Å²) in [4.78, 5) is 12.5. The second kappa shape index (κ2) is 9.60. The number of fused-ring (bicyclic) bond motifs is 1. The third-order valence-corrected chi connectivity index (χ3v) is 7.55. The Morgan fingerprint density at radius 1 is 1.09 bits per heavy atom. The van der Waals surface area contributed by atoms with Crippen LogP contribution in [0.3, 0.4) is 0 Å². The number of anilines is 2. The molecule has 1 aliphatic heterocycles. The average molecular weight is 479 g/mol. The Bertz CT molecular complexity index is 1320. The molecule has 0 amide bonds. The number of nitrogens with one attached hydrogen (secondary N) is 2. The maximum Gasteiger partial charge on any atom is 0.261 e. The Kier molecular flexibility index (Phi) is 6.77. The summed E-state index contributed by atoms with van der Waals surface area (Å²) in [5, 5.41) is 14.3. The van der Waals surface area contributed by atoms with Crippen LogP contribution in [0.4, 0.5) is 11.4 Å². The van der Waals surface area contributed by atoms with E-state index in [1.807, 2.05) is 57.2 Å². The summed E-state index contributed by atoms with van der Waals surface area (Å²) < 4.78 is 28.6. The van der Waals surface area contributed by atoms with Crippen molar-refractivity contribution in [1.29, 1.82) is 0 Å². The molecule has 178 valence electrons. The number of carbonyl (C=O) groups excluding carboxylic acids is 1. The van der Waals surface area contributed by atoms with Gasteiger partial charge in [0.1, 0.15) is 0 Å². The van der Waals surface area contributed by atoms with Crippen LogP contribution in [0.25, 0.3) is 0 Å². The molecule has 0 aliphatic carbocycles. The molecule has 0 aromatic heterocycles. The number of hydrogen-bond acceptors (Lipinski definition) is 5. The smallest absolute Gasteiger partial charge is 0.261 e. The van der Waals surface area contributed by atoms with Gasteiger partial charge in [-0.1, -0.05) is 51.1 Å². The van der Waals surface area contributed by atoms with E-state index < -0.39 is 16.1 Å². The maximum absolute atomic E-state index is 13.0. The average Bonchev–Trinajstić information content (AvgIpc) is 2.83. The first-order chi connectivity index (χ1) is 16.2. The van der Waals surface area contributed by atoms with Gasteiger partial charge in [-0.05, 0) is 53.9 Å². The molecule has 34 heavy (non-hydrogen) atoms. The highest BCUT2D eigenvalue weighted by Crippen LogP contribution is 2.40. The van der Waals surface area contributed by atoms with E-state index in [1.165, 1.54) is 12.1 Å². The molecule has 0 fully saturated rings. The number of aliphatic hydroxyl groups is 1. The molecule has 6 nitrogen and oxygen atoms in total. The van der Waals surface area contributed by atoms with Crippen molar-refractivity contribution >= 4 is 27.2 Å². The van der Waals surface area contributed by atoms with Crippen LogP contribution in [-0.4, -0.2) is 19.3 Å². The number of ketones is 1. The van der Waals surface area contributed by atoms with E-state index in [9.17, 15) is 18.3 Å². The van der Waals surface area contributed by atoms with E-state index in [0.29, 0.717) is 28.9 Å². The minimum Gasteiger partial charge on any atom is -0.388 e. The van der Waals surface area contributed by atoms with Gasteiger partial charge in [-0.25, -0.2) is 8.42 Å². The van der Waals surface area contributed by atoms with Crippen molar-refractivity contribution < 1.29 is 18.3 Å². The summed E-state index contributed by atoms with van der Waals surface area (Å²) in [5.41, 5.74) is 4.31. The number of Topliss-reactive ketones (excluding diaryl/α,β-unsaturated/α-hetero) is 1.